The summed E-state index contributed by atoms with van der Waals surface area (Å²) in [6.45, 7) is 2.26. The Balaban J connectivity index is 1.53. The van der Waals surface area contributed by atoms with Gasteiger partial charge in [-0.05, 0) is 49.8 Å². The quantitative estimate of drug-likeness (QED) is 0.937. The highest BCUT2D eigenvalue weighted by Gasteiger charge is 2.29. The second-order valence-electron chi connectivity index (χ2n) is 6.83. The normalized spacial score (nSPS) is 21.0. The van der Waals surface area contributed by atoms with Gasteiger partial charge in [-0.25, -0.2) is 14.4 Å². The van der Waals surface area contributed by atoms with Gasteiger partial charge in [0.15, 0.2) is 0 Å². The van der Waals surface area contributed by atoms with Crippen LogP contribution in [0, 0.1) is 17.7 Å². The fraction of sp³-hybridized carbons (Fsp3) is 0.500. The molecule has 0 radical (unpaired) electrons. The molecular weight excluding hydrogens is 307 g/mol. The van der Waals surface area contributed by atoms with Gasteiger partial charge in [-0.15, -0.1) is 0 Å². The number of nitrogens with one attached hydrogen (secondary N) is 1. The first kappa shape index (κ1) is 15.3. The van der Waals surface area contributed by atoms with Gasteiger partial charge in [0, 0.05) is 25.0 Å². The van der Waals surface area contributed by atoms with E-state index in [-0.39, 0.29) is 17.6 Å². The van der Waals surface area contributed by atoms with Crippen LogP contribution in [-0.4, -0.2) is 35.5 Å². The number of fused-ring (bicyclic) bond motifs is 1. The van der Waals surface area contributed by atoms with Gasteiger partial charge in [0.1, 0.15) is 18.0 Å². The number of aromatic nitrogens is 2. The molecule has 5 nitrogen and oxygen atoms in total. The first-order valence-electron chi connectivity index (χ1n) is 8.63. The lowest BCUT2D eigenvalue weighted by Gasteiger charge is -2.33. The van der Waals surface area contributed by atoms with Crippen LogP contribution >= 0.6 is 0 Å². The zero-order valence-electron chi connectivity index (χ0n) is 13.5. The number of carbonyl (C=O) groups excluding carboxylic acids is 1. The average molecular weight is 328 g/mol. The summed E-state index contributed by atoms with van der Waals surface area (Å²) in [6.07, 6.45) is 5.80. The lowest BCUT2D eigenvalue weighted by Crippen LogP contribution is -2.43. The van der Waals surface area contributed by atoms with Crippen LogP contribution in [-0.2, 0) is 4.79 Å². The Labute approximate surface area is 140 Å². The molecule has 1 aliphatic carbocycles. The summed E-state index contributed by atoms with van der Waals surface area (Å²) in [6, 6.07) is 4.55. The van der Waals surface area contributed by atoms with Crippen LogP contribution in [0.3, 0.4) is 0 Å². The molecule has 2 heterocycles. The highest BCUT2D eigenvalue weighted by Crippen LogP contribution is 2.29. The van der Waals surface area contributed by atoms with E-state index in [1.54, 1.807) is 6.07 Å². The van der Waals surface area contributed by atoms with Gasteiger partial charge in [-0.2, -0.15) is 0 Å². The number of hydrogen-bond donors (Lipinski definition) is 1. The van der Waals surface area contributed by atoms with Crippen molar-refractivity contribution < 1.29 is 9.18 Å². The minimum atomic E-state index is -0.297. The van der Waals surface area contributed by atoms with Crippen molar-refractivity contribution >= 4 is 22.6 Å². The average Bonchev–Trinajstić information content (AvgIpc) is 3.43. The molecule has 4 rings (SSSR count). The number of carbonyl (C=O) groups is 1. The molecule has 1 saturated carbocycles. The van der Waals surface area contributed by atoms with Gasteiger partial charge in [0.05, 0.1) is 11.4 Å². The number of rotatable bonds is 4. The van der Waals surface area contributed by atoms with Gasteiger partial charge < -0.3 is 10.2 Å². The van der Waals surface area contributed by atoms with Crippen LogP contribution in [0.15, 0.2) is 24.5 Å². The zero-order chi connectivity index (χ0) is 16.5. The zero-order valence-corrected chi connectivity index (χ0v) is 13.5. The van der Waals surface area contributed by atoms with E-state index in [9.17, 15) is 9.18 Å². The first-order chi connectivity index (χ1) is 11.7. The molecule has 1 aliphatic heterocycles. The Morgan fingerprint density at radius 3 is 3.00 bits per heavy atom. The van der Waals surface area contributed by atoms with Crippen molar-refractivity contribution in [3.63, 3.8) is 0 Å². The molecule has 1 atom stereocenters. The smallest absolute Gasteiger partial charge is 0.224 e. The van der Waals surface area contributed by atoms with Crippen LogP contribution in [0.4, 0.5) is 10.2 Å². The lowest BCUT2D eigenvalue weighted by molar-refractivity contribution is -0.125. The topological polar surface area (TPSA) is 58.1 Å². The Kier molecular flexibility index (Phi) is 4.04. The standard InChI is InChI=1S/C18H21FN4O/c19-14-5-6-16-15(8-14)17(22-11-21-16)23-7-1-2-13(10-23)18(24)20-9-12-3-4-12/h5-6,8,11-13H,1-4,7,9-10H2,(H,20,24)/t13-/m1/s1. The number of piperidine rings is 1. The molecule has 126 valence electrons. The van der Waals surface area contributed by atoms with Crippen molar-refractivity contribution in [3.05, 3.63) is 30.3 Å². The Bertz CT molecular complexity index is 762. The van der Waals surface area contributed by atoms with E-state index in [2.05, 4.69) is 20.2 Å². The van der Waals surface area contributed by atoms with Crippen molar-refractivity contribution in [1.82, 2.24) is 15.3 Å². The van der Waals surface area contributed by atoms with Crippen LogP contribution in [0.1, 0.15) is 25.7 Å². The van der Waals surface area contributed by atoms with Gasteiger partial charge in [0.25, 0.3) is 0 Å². The molecule has 0 unspecified atom stereocenters. The Hall–Kier alpha value is -2.24. The van der Waals surface area contributed by atoms with E-state index in [4.69, 9.17) is 0 Å². The number of anilines is 1. The van der Waals surface area contributed by atoms with E-state index >= 15 is 0 Å². The fourth-order valence-electron chi connectivity index (χ4n) is 3.36. The maximum absolute atomic E-state index is 13.6. The minimum absolute atomic E-state index is 0.0314. The number of nitrogens with zero attached hydrogens (tertiary/aromatic N) is 3. The Morgan fingerprint density at radius 1 is 1.29 bits per heavy atom. The van der Waals surface area contributed by atoms with E-state index in [0.717, 1.165) is 37.3 Å². The van der Waals surface area contributed by atoms with Crippen LogP contribution in [0.25, 0.3) is 10.9 Å². The molecule has 1 amide bonds. The van der Waals surface area contributed by atoms with Crippen molar-refractivity contribution in [2.24, 2.45) is 11.8 Å². The molecule has 2 aliphatic rings. The van der Waals surface area contributed by atoms with Crippen molar-refractivity contribution in [1.29, 1.82) is 0 Å². The third-order valence-corrected chi connectivity index (χ3v) is 4.93. The van der Waals surface area contributed by atoms with Gasteiger partial charge in [-0.1, -0.05) is 0 Å². The summed E-state index contributed by atoms with van der Waals surface area (Å²) >= 11 is 0. The van der Waals surface area contributed by atoms with Crippen LogP contribution < -0.4 is 10.2 Å². The second-order valence-corrected chi connectivity index (χ2v) is 6.83. The molecule has 1 aromatic carbocycles. The highest BCUT2D eigenvalue weighted by atomic mass is 19.1. The predicted octanol–water partition coefficient (Wildman–Crippen LogP) is 2.51. The van der Waals surface area contributed by atoms with E-state index in [0.29, 0.717) is 17.8 Å². The highest BCUT2D eigenvalue weighted by molar-refractivity contribution is 5.89. The number of hydrogen-bond acceptors (Lipinski definition) is 4. The van der Waals surface area contributed by atoms with Crippen molar-refractivity contribution in [2.75, 3.05) is 24.5 Å². The number of benzene rings is 1. The van der Waals surface area contributed by atoms with Crippen molar-refractivity contribution in [3.8, 4) is 0 Å². The monoisotopic (exact) mass is 328 g/mol. The summed E-state index contributed by atoms with van der Waals surface area (Å²) in [7, 11) is 0. The largest absolute Gasteiger partial charge is 0.356 e. The molecule has 1 aromatic heterocycles. The summed E-state index contributed by atoms with van der Waals surface area (Å²) in [5.41, 5.74) is 0.724. The molecule has 2 fully saturated rings. The molecule has 1 N–H and O–H groups in total. The molecule has 6 heteroatoms. The molecular formula is C18H21FN4O. The molecule has 2 aromatic rings. The van der Waals surface area contributed by atoms with Crippen LogP contribution in [0.2, 0.25) is 0 Å². The van der Waals surface area contributed by atoms with E-state index < -0.39 is 0 Å². The van der Waals surface area contributed by atoms with Crippen LogP contribution in [0.5, 0.6) is 0 Å². The summed E-state index contributed by atoms with van der Waals surface area (Å²) in [4.78, 5) is 23.1. The lowest BCUT2D eigenvalue weighted by atomic mass is 9.96. The summed E-state index contributed by atoms with van der Waals surface area (Å²) in [5, 5.41) is 3.78. The minimum Gasteiger partial charge on any atom is -0.356 e. The number of halogens is 1. The molecule has 0 spiro atoms. The maximum atomic E-state index is 13.6. The van der Waals surface area contributed by atoms with Crippen molar-refractivity contribution in [2.45, 2.75) is 25.7 Å². The SMILES string of the molecule is O=C(NCC1CC1)[C@@H]1CCCN(c2ncnc3ccc(F)cc23)C1. The number of amides is 1. The molecule has 0 bridgehead atoms. The van der Waals surface area contributed by atoms with Gasteiger partial charge in [0.2, 0.25) is 5.91 Å². The third kappa shape index (κ3) is 3.18. The maximum Gasteiger partial charge on any atom is 0.224 e. The predicted molar refractivity (Wildman–Crippen MR) is 90.2 cm³/mol. The molecule has 1 saturated heterocycles. The third-order valence-electron chi connectivity index (χ3n) is 4.93. The van der Waals surface area contributed by atoms with Gasteiger partial charge in [-0.3, -0.25) is 4.79 Å². The summed E-state index contributed by atoms with van der Waals surface area (Å²) in [5.74, 6) is 1.21. The van der Waals surface area contributed by atoms with Gasteiger partial charge >= 0.3 is 0 Å². The fourth-order valence-corrected chi connectivity index (χ4v) is 3.36. The first-order valence-corrected chi connectivity index (χ1v) is 8.63. The van der Waals surface area contributed by atoms with E-state index in [1.165, 1.54) is 31.3 Å². The molecule has 24 heavy (non-hydrogen) atoms. The van der Waals surface area contributed by atoms with E-state index in [1.807, 2.05) is 0 Å². The second kappa shape index (κ2) is 6.34. The Morgan fingerprint density at radius 2 is 2.17 bits per heavy atom. The summed E-state index contributed by atoms with van der Waals surface area (Å²) < 4.78 is 13.6.